The Morgan fingerprint density at radius 3 is 2.42 bits per heavy atom. The molecule has 1 saturated heterocycles. The molecule has 1 heteroatoms. The highest BCUT2D eigenvalue weighted by Gasteiger charge is 2.24. The predicted molar refractivity (Wildman–Crippen MR) is 52.2 cm³/mol. The summed E-state index contributed by atoms with van der Waals surface area (Å²) in [7, 11) is 0. The summed E-state index contributed by atoms with van der Waals surface area (Å²) in [5.74, 6) is 1.02. The molecule has 1 heterocycles. The number of hydrogen-bond acceptors (Lipinski definition) is 1. The summed E-state index contributed by atoms with van der Waals surface area (Å²) >= 11 is 0. The van der Waals surface area contributed by atoms with Crippen molar-refractivity contribution in [3.63, 3.8) is 0 Å². The van der Waals surface area contributed by atoms with E-state index >= 15 is 0 Å². The molecule has 2 aliphatic rings. The average molecular weight is 167 g/mol. The first-order chi connectivity index (χ1) is 5.97. The van der Waals surface area contributed by atoms with Gasteiger partial charge in [-0.3, -0.25) is 0 Å². The van der Waals surface area contributed by atoms with Gasteiger partial charge < -0.3 is 5.32 Å². The lowest BCUT2D eigenvalue weighted by Gasteiger charge is -2.22. The Morgan fingerprint density at radius 2 is 1.50 bits per heavy atom. The van der Waals surface area contributed by atoms with Crippen LogP contribution in [-0.2, 0) is 0 Å². The molecule has 1 nitrogen and oxygen atoms in total. The zero-order chi connectivity index (χ0) is 8.23. The van der Waals surface area contributed by atoms with Gasteiger partial charge >= 0.3 is 0 Å². The highest BCUT2D eigenvalue weighted by atomic mass is 14.9. The summed E-state index contributed by atoms with van der Waals surface area (Å²) in [5, 5.41) is 3.72. The van der Waals surface area contributed by atoms with E-state index in [9.17, 15) is 0 Å². The van der Waals surface area contributed by atoms with Gasteiger partial charge in [-0.25, -0.2) is 0 Å². The molecule has 1 aliphatic carbocycles. The molecule has 2 atom stereocenters. The van der Waals surface area contributed by atoms with Crippen molar-refractivity contribution in [2.45, 2.75) is 57.4 Å². The molecule has 0 aromatic rings. The Balaban J connectivity index is 1.94. The smallest absolute Gasteiger partial charge is 0.00953 e. The van der Waals surface area contributed by atoms with Crippen LogP contribution >= 0.6 is 0 Å². The maximum absolute atomic E-state index is 3.72. The quantitative estimate of drug-likeness (QED) is 0.585. The van der Waals surface area contributed by atoms with E-state index in [1.807, 2.05) is 0 Å². The van der Waals surface area contributed by atoms with Crippen molar-refractivity contribution in [2.24, 2.45) is 5.92 Å². The average Bonchev–Trinajstić information content (AvgIpc) is 2.38. The minimum atomic E-state index is 0.884. The minimum Gasteiger partial charge on any atom is -0.314 e. The van der Waals surface area contributed by atoms with E-state index in [1.165, 1.54) is 57.9 Å². The Morgan fingerprint density at radius 1 is 0.750 bits per heavy atom. The van der Waals surface area contributed by atoms with Crippen molar-refractivity contribution >= 4 is 0 Å². The van der Waals surface area contributed by atoms with Crippen LogP contribution in [0.1, 0.15) is 51.4 Å². The maximum Gasteiger partial charge on any atom is 0.00953 e. The van der Waals surface area contributed by atoms with Crippen molar-refractivity contribution in [1.82, 2.24) is 5.32 Å². The van der Waals surface area contributed by atoms with Crippen LogP contribution in [-0.4, -0.2) is 12.6 Å². The first-order valence-electron chi connectivity index (χ1n) is 5.70. The molecular weight excluding hydrogens is 146 g/mol. The van der Waals surface area contributed by atoms with E-state index in [1.54, 1.807) is 0 Å². The summed E-state index contributed by atoms with van der Waals surface area (Å²) in [4.78, 5) is 0. The number of rotatable bonds is 0. The number of fused-ring (bicyclic) bond motifs is 1. The number of hydrogen-bond donors (Lipinski definition) is 1. The zero-order valence-electron chi connectivity index (χ0n) is 8.02. The third kappa shape index (κ3) is 2.01. The SMILES string of the molecule is C1CCC2CCCCNC2CC1. The highest BCUT2D eigenvalue weighted by molar-refractivity contribution is 4.81. The van der Waals surface area contributed by atoms with Gasteiger partial charge in [0.25, 0.3) is 0 Å². The Bertz CT molecular complexity index is 105. The second-order valence-corrected chi connectivity index (χ2v) is 4.45. The molecule has 0 aromatic carbocycles. The molecule has 1 N–H and O–H groups in total. The van der Waals surface area contributed by atoms with E-state index in [0.29, 0.717) is 0 Å². The van der Waals surface area contributed by atoms with Gasteiger partial charge in [-0.05, 0) is 38.1 Å². The first-order valence-corrected chi connectivity index (χ1v) is 5.70. The normalized spacial score (nSPS) is 38.0. The molecule has 0 bridgehead atoms. The van der Waals surface area contributed by atoms with Gasteiger partial charge in [-0.2, -0.15) is 0 Å². The fourth-order valence-corrected chi connectivity index (χ4v) is 2.82. The summed E-state index contributed by atoms with van der Waals surface area (Å²) in [5.41, 5.74) is 0. The van der Waals surface area contributed by atoms with Gasteiger partial charge in [0.15, 0.2) is 0 Å². The maximum atomic E-state index is 3.72. The van der Waals surface area contributed by atoms with Gasteiger partial charge in [0, 0.05) is 6.04 Å². The summed E-state index contributed by atoms with van der Waals surface area (Å²) in [6, 6.07) is 0.884. The molecule has 0 spiro atoms. The minimum absolute atomic E-state index is 0.884. The van der Waals surface area contributed by atoms with Crippen LogP contribution in [0.25, 0.3) is 0 Å². The fraction of sp³-hybridized carbons (Fsp3) is 1.00. The third-order valence-corrected chi connectivity index (χ3v) is 3.57. The molecule has 2 unspecified atom stereocenters. The second kappa shape index (κ2) is 4.27. The van der Waals surface area contributed by atoms with E-state index in [0.717, 1.165) is 12.0 Å². The fourth-order valence-electron chi connectivity index (χ4n) is 2.82. The summed E-state index contributed by atoms with van der Waals surface area (Å²) in [6.07, 6.45) is 11.8. The second-order valence-electron chi connectivity index (χ2n) is 4.45. The summed E-state index contributed by atoms with van der Waals surface area (Å²) in [6.45, 7) is 1.28. The van der Waals surface area contributed by atoms with Crippen molar-refractivity contribution < 1.29 is 0 Å². The molecule has 0 amide bonds. The van der Waals surface area contributed by atoms with Crippen molar-refractivity contribution in [1.29, 1.82) is 0 Å². The Labute approximate surface area is 75.9 Å². The van der Waals surface area contributed by atoms with Gasteiger partial charge in [-0.1, -0.05) is 25.7 Å². The molecular formula is C11H21N. The van der Waals surface area contributed by atoms with Gasteiger partial charge in [0.2, 0.25) is 0 Å². The third-order valence-electron chi connectivity index (χ3n) is 3.57. The lowest BCUT2D eigenvalue weighted by atomic mass is 9.91. The predicted octanol–water partition coefficient (Wildman–Crippen LogP) is 2.71. The van der Waals surface area contributed by atoms with Crippen molar-refractivity contribution in [3.8, 4) is 0 Å². The largest absolute Gasteiger partial charge is 0.314 e. The Kier molecular flexibility index (Phi) is 3.04. The molecule has 0 aromatic heterocycles. The molecule has 2 fully saturated rings. The molecule has 1 saturated carbocycles. The van der Waals surface area contributed by atoms with Crippen molar-refractivity contribution in [3.05, 3.63) is 0 Å². The van der Waals surface area contributed by atoms with Crippen molar-refractivity contribution in [2.75, 3.05) is 6.54 Å². The van der Waals surface area contributed by atoms with Crippen LogP contribution in [0.5, 0.6) is 0 Å². The zero-order valence-corrected chi connectivity index (χ0v) is 8.02. The lowest BCUT2D eigenvalue weighted by Crippen LogP contribution is -2.33. The first kappa shape index (κ1) is 8.55. The molecule has 1 aliphatic heterocycles. The number of nitrogens with one attached hydrogen (secondary N) is 1. The molecule has 2 rings (SSSR count). The van der Waals surface area contributed by atoms with E-state index < -0.39 is 0 Å². The topological polar surface area (TPSA) is 12.0 Å². The van der Waals surface area contributed by atoms with Crippen LogP contribution in [0.4, 0.5) is 0 Å². The van der Waals surface area contributed by atoms with E-state index in [4.69, 9.17) is 0 Å². The summed E-state index contributed by atoms with van der Waals surface area (Å²) < 4.78 is 0. The van der Waals surface area contributed by atoms with Gasteiger partial charge in [-0.15, -0.1) is 0 Å². The van der Waals surface area contributed by atoms with E-state index in [2.05, 4.69) is 5.32 Å². The Hall–Kier alpha value is -0.0400. The molecule has 70 valence electrons. The standard InChI is InChI=1S/C11H21N/c1-2-6-10-7-4-5-9-12-11(10)8-3-1/h10-12H,1-9H2. The lowest BCUT2D eigenvalue weighted by molar-refractivity contribution is 0.343. The molecule has 12 heavy (non-hydrogen) atoms. The van der Waals surface area contributed by atoms with Crippen LogP contribution in [0.15, 0.2) is 0 Å². The van der Waals surface area contributed by atoms with E-state index in [-0.39, 0.29) is 0 Å². The van der Waals surface area contributed by atoms with Gasteiger partial charge in [0.1, 0.15) is 0 Å². The van der Waals surface area contributed by atoms with Crippen LogP contribution in [0.3, 0.4) is 0 Å². The highest BCUT2D eigenvalue weighted by Crippen LogP contribution is 2.28. The van der Waals surface area contributed by atoms with Crippen LogP contribution in [0, 0.1) is 5.92 Å². The van der Waals surface area contributed by atoms with Crippen LogP contribution < -0.4 is 5.32 Å². The molecule has 0 radical (unpaired) electrons. The van der Waals surface area contributed by atoms with Crippen LogP contribution in [0.2, 0.25) is 0 Å². The van der Waals surface area contributed by atoms with Gasteiger partial charge in [0.05, 0.1) is 0 Å². The monoisotopic (exact) mass is 167 g/mol.